The van der Waals surface area contributed by atoms with Crippen LogP contribution in [0.4, 0.5) is 13.2 Å². The first-order valence-electron chi connectivity index (χ1n) is 6.64. The molecule has 0 bridgehead atoms. The van der Waals surface area contributed by atoms with Crippen molar-refractivity contribution in [3.63, 3.8) is 0 Å². The van der Waals surface area contributed by atoms with Crippen LogP contribution in [-0.4, -0.2) is 55.0 Å². The average Bonchev–Trinajstić information content (AvgIpc) is 2.35. The highest BCUT2D eigenvalue weighted by molar-refractivity contribution is 5.97. The van der Waals surface area contributed by atoms with Gasteiger partial charge in [0.25, 0.3) is 5.91 Å². The van der Waals surface area contributed by atoms with Gasteiger partial charge in [0.2, 0.25) is 5.91 Å². The molecular formula is C15H19F3N2O2. The molecule has 0 N–H and O–H groups in total. The summed E-state index contributed by atoms with van der Waals surface area (Å²) < 4.78 is 38.0. The monoisotopic (exact) mass is 316 g/mol. The number of halogens is 3. The summed E-state index contributed by atoms with van der Waals surface area (Å²) in [6.07, 6.45) is -4.57. The second-order valence-electron chi connectivity index (χ2n) is 5.38. The summed E-state index contributed by atoms with van der Waals surface area (Å²) in [7, 11) is 2.85. The number of nitrogens with zero attached hydrogens (tertiary/aromatic N) is 2. The predicted molar refractivity (Wildman–Crippen MR) is 76.6 cm³/mol. The molecule has 4 nitrogen and oxygen atoms in total. The van der Waals surface area contributed by atoms with Crippen molar-refractivity contribution < 1.29 is 22.8 Å². The third kappa shape index (κ3) is 5.05. The standard InChI is InChI=1S/C15H19F3N2O2/c1-10-5-6-12(11(2)7-10)14(22)20(9-15(16,17)18)8-13(21)19(3)4/h5-7H,8-9H2,1-4H3. The van der Waals surface area contributed by atoms with Crippen LogP contribution < -0.4 is 0 Å². The van der Waals surface area contributed by atoms with Gasteiger partial charge in [0.15, 0.2) is 0 Å². The number of carbonyl (C=O) groups is 2. The van der Waals surface area contributed by atoms with Crippen molar-refractivity contribution in [3.05, 3.63) is 34.9 Å². The van der Waals surface area contributed by atoms with E-state index in [1.807, 2.05) is 6.92 Å². The van der Waals surface area contributed by atoms with Crippen LogP contribution in [0.2, 0.25) is 0 Å². The first-order valence-corrected chi connectivity index (χ1v) is 6.64. The number of benzene rings is 1. The van der Waals surface area contributed by atoms with Gasteiger partial charge in [-0.25, -0.2) is 0 Å². The summed E-state index contributed by atoms with van der Waals surface area (Å²) in [5.74, 6) is -1.37. The molecule has 0 radical (unpaired) electrons. The second kappa shape index (κ2) is 6.81. The number of carbonyl (C=O) groups excluding carboxylic acids is 2. The molecule has 0 spiro atoms. The van der Waals surface area contributed by atoms with Crippen LogP contribution in [0.1, 0.15) is 21.5 Å². The number of rotatable bonds is 4. The van der Waals surface area contributed by atoms with Crippen molar-refractivity contribution in [1.29, 1.82) is 0 Å². The summed E-state index contributed by atoms with van der Waals surface area (Å²) in [6, 6.07) is 4.85. The second-order valence-corrected chi connectivity index (χ2v) is 5.38. The van der Waals surface area contributed by atoms with Crippen molar-refractivity contribution in [2.24, 2.45) is 0 Å². The van der Waals surface area contributed by atoms with Gasteiger partial charge in [0.05, 0.1) is 0 Å². The number of hydrogen-bond donors (Lipinski definition) is 0. The number of aryl methyl sites for hydroxylation is 2. The Kier molecular flexibility index (Phi) is 5.57. The van der Waals surface area contributed by atoms with Crippen LogP contribution in [0.5, 0.6) is 0 Å². The van der Waals surface area contributed by atoms with Gasteiger partial charge in [0.1, 0.15) is 13.1 Å². The van der Waals surface area contributed by atoms with Crippen LogP contribution in [0, 0.1) is 13.8 Å². The number of hydrogen-bond acceptors (Lipinski definition) is 2. The third-order valence-electron chi connectivity index (χ3n) is 3.09. The fourth-order valence-corrected chi connectivity index (χ4v) is 1.94. The first-order chi connectivity index (χ1) is 10.0. The van der Waals surface area contributed by atoms with Crippen molar-refractivity contribution in [3.8, 4) is 0 Å². The molecule has 1 aromatic carbocycles. The van der Waals surface area contributed by atoms with Crippen molar-refractivity contribution in [1.82, 2.24) is 9.80 Å². The van der Waals surface area contributed by atoms with Gasteiger partial charge in [0, 0.05) is 19.7 Å². The highest BCUT2D eigenvalue weighted by Gasteiger charge is 2.34. The van der Waals surface area contributed by atoms with Gasteiger partial charge < -0.3 is 9.80 Å². The Hall–Kier alpha value is -2.05. The molecule has 0 saturated carbocycles. The molecule has 0 unspecified atom stereocenters. The lowest BCUT2D eigenvalue weighted by Crippen LogP contribution is -2.45. The molecule has 1 aromatic rings. The van der Waals surface area contributed by atoms with Gasteiger partial charge in [-0.05, 0) is 25.5 Å². The predicted octanol–water partition coefficient (Wildman–Crippen LogP) is 2.40. The molecule has 122 valence electrons. The van der Waals surface area contributed by atoms with Crippen LogP contribution in [0.25, 0.3) is 0 Å². The first kappa shape index (κ1) is 18.0. The largest absolute Gasteiger partial charge is 0.406 e. The average molecular weight is 316 g/mol. The van der Waals surface area contributed by atoms with E-state index >= 15 is 0 Å². The van der Waals surface area contributed by atoms with E-state index in [1.165, 1.54) is 20.2 Å². The molecular weight excluding hydrogens is 297 g/mol. The topological polar surface area (TPSA) is 40.6 Å². The lowest BCUT2D eigenvalue weighted by molar-refractivity contribution is -0.146. The molecule has 0 heterocycles. The van der Waals surface area contributed by atoms with Gasteiger partial charge in [-0.15, -0.1) is 0 Å². The fourth-order valence-electron chi connectivity index (χ4n) is 1.94. The van der Waals surface area contributed by atoms with Crippen LogP contribution in [-0.2, 0) is 4.79 Å². The summed E-state index contributed by atoms with van der Waals surface area (Å²) in [5, 5.41) is 0. The smallest absolute Gasteiger partial charge is 0.347 e. The SMILES string of the molecule is Cc1ccc(C(=O)N(CC(=O)N(C)C)CC(F)(F)F)c(C)c1. The van der Waals surface area contributed by atoms with E-state index < -0.39 is 31.1 Å². The molecule has 0 aliphatic carbocycles. The van der Waals surface area contributed by atoms with Crippen molar-refractivity contribution >= 4 is 11.8 Å². The van der Waals surface area contributed by atoms with Crippen molar-refractivity contribution in [2.45, 2.75) is 20.0 Å². The molecule has 0 fully saturated rings. The maximum absolute atomic E-state index is 12.7. The Morgan fingerprint density at radius 1 is 1.14 bits per heavy atom. The van der Waals surface area contributed by atoms with E-state index in [9.17, 15) is 22.8 Å². The van der Waals surface area contributed by atoms with E-state index in [0.717, 1.165) is 10.5 Å². The Labute approximate surface area is 127 Å². The van der Waals surface area contributed by atoms with E-state index in [1.54, 1.807) is 19.1 Å². The van der Waals surface area contributed by atoms with E-state index in [2.05, 4.69) is 0 Å². The minimum Gasteiger partial charge on any atom is -0.347 e. The zero-order valence-electron chi connectivity index (χ0n) is 13.0. The molecule has 22 heavy (non-hydrogen) atoms. The Morgan fingerprint density at radius 2 is 1.73 bits per heavy atom. The molecule has 0 aliphatic rings. The van der Waals surface area contributed by atoms with Crippen molar-refractivity contribution in [2.75, 3.05) is 27.2 Å². The third-order valence-corrected chi connectivity index (χ3v) is 3.09. The fraction of sp³-hybridized carbons (Fsp3) is 0.467. The van der Waals surface area contributed by atoms with E-state index in [0.29, 0.717) is 10.5 Å². The Balaban J connectivity index is 3.08. The zero-order valence-corrected chi connectivity index (χ0v) is 13.0. The number of alkyl halides is 3. The van der Waals surface area contributed by atoms with Gasteiger partial charge in [-0.2, -0.15) is 13.2 Å². The van der Waals surface area contributed by atoms with E-state index in [4.69, 9.17) is 0 Å². The molecule has 0 aliphatic heterocycles. The van der Waals surface area contributed by atoms with Gasteiger partial charge >= 0.3 is 6.18 Å². The Morgan fingerprint density at radius 3 is 2.18 bits per heavy atom. The lowest BCUT2D eigenvalue weighted by Gasteiger charge is -2.25. The summed E-state index contributed by atoms with van der Waals surface area (Å²) in [6.45, 7) is 1.40. The van der Waals surface area contributed by atoms with Gasteiger partial charge in [-0.1, -0.05) is 17.7 Å². The quantitative estimate of drug-likeness (QED) is 0.856. The lowest BCUT2D eigenvalue weighted by atomic mass is 10.0. The summed E-state index contributed by atoms with van der Waals surface area (Å²) in [4.78, 5) is 25.7. The zero-order chi connectivity index (χ0) is 17.1. The maximum atomic E-state index is 12.7. The number of likely N-dealkylation sites (N-methyl/N-ethyl adjacent to an activating group) is 1. The molecule has 0 atom stereocenters. The molecule has 0 aromatic heterocycles. The normalized spacial score (nSPS) is 11.2. The minimum absolute atomic E-state index is 0.168. The molecule has 0 saturated heterocycles. The molecule has 2 amide bonds. The minimum atomic E-state index is -4.57. The maximum Gasteiger partial charge on any atom is 0.406 e. The van der Waals surface area contributed by atoms with Crippen LogP contribution in [0.3, 0.4) is 0 Å². The highest BCUT2D eigenvalue weighted by Crippen LogP contribution is 2.20. The van der Waals surface area contributed by atoms with Crippen LogP contribution >= 0.6 is 0 Å². The highest BCUT2D eigenvalue weighted by atomic mass is 19.4. The molecule has 1 rings (SSSR count). The summed E-state index contributed by atoms with van der Waals surface area (Å²) in [5.41, 5.74) is 1.65. The number of amides is 2. The van der Waals surface area contributed by atoms with Gasteiger partial charge in [-0.3, -0.25) is 9.59 Å². The van der Waals surface area contributed by atoms with Crippen LogP contribution in [0.15, 0.2) is 18.2 Å². The molecule has 7 heteroatoms. The Bertz CT molecular complexity index is 568. The van der Waals surface area contributed by atoms with E-state index in [-0.39, 0.29) is 5.56 Å². The summed E-state index contributed by atoms with van der Waals surface area (Å²) >= 11 is 0.